The molecule has 1 aliphatic carbocycles. The van der Waals surface area contributed by atoms with Crippen LogP contribution in [0.5, 0.6) is 0 Å². The molecule has 2 amide bonds. The summed E-state index contributed by atoms with van der Waals surface area (Å²) in [6.07, 6.45) is 7.31. The predicted octanol–water partition coefficient (Wildman–Crippen LogP) is 3.97. The molecule has 0 saturated heterocycles. The average Bonchev–Trinajstić information content (AvgIpc) is 2.67. The summed E-state index contributed by atoms with van der Waals surface area (Å²) >= 11 is 3.40. The van der Waals surface area contributed by atoms with E-state index in [1.54, 1.807) is 0 Å². The minimum absolute atomic E-state index is 0.0465. The zero-order valence-corrected chi connectivity index (χ0v) is 12.7. The van der Waals surface area contributed by atoms with Gasteiger partial charge in [0.2, 0.25) is 0 Å². The molecule has 3 nitrogen and oxygen atoms in total. The fourth-order valence-electron chi connectivity index (χ4n) is 2.44. The first-order valence-corrected chi connectivity index (χ1v) is 7.82. The molecule has 1 aromatic rings. The van der Waals surface area contributed by atoms with Crippen LogP contribution in [0.2, 0.25) is 0 Å². The Morgan fingerprint density at radius 1 is 1.11 bits per heavy atom. The van der Waals surface area contributed by atoms with Crippen molar-refractivity contribution in [3.63, 3.8) is 0 Å². The molecule has 1 aliphatic rings. The number of carbonyl (C=O) groups is 1. The van der Waals surface area contributed by atoms with Gasteiger partial charge in [-0.1, -0.05) is 53.7 Å². The van der Waals surface area contributed by atoms with Crippen molar-refractivity contribution in [3.05, 3.63) is 34.3 Å². The second kappa shape index (κ2) is 7.53. The minimum Gasteiger partial charge on any atom is -0.335 e. The third kappa shape index (κ3) is 5.23. The van der Waals surface area contributed by atoms with Crippen molar-refractivity contribution in [1.82, 2.24) is 10.6 Å². The minimum atomic E-state index is -0.0465. The van der Waals surface area contributed by atoms with Crippen LogP contribution in [0.15, 0.2) is 28.7 Å². The van der Waals surface area contributed by atoms with Crippen molar-refractivity contribution in [1.29, 1.82) is 0 Å². The fourth-order valence-corrected chi connectivity index (χ4v) is 2.71. The first kappa shape index (κ1) is 14.4. The Labute approximate surface area is 123 Å². The SMILES string of the molecule is O=C(NCc1ccc(Br)cc1)NC1CCCCCC1. The van der Waals surface area contributed by atoms with Gasteiger partial charge in [-0.05, 0) is 30.5 Å². The number of rotatable bonds is 3. The number of hydrogen-bond donors (Lipinski definition) is 2. The van der Waals surface area contributed by atoms with E-state index in [9.17, 15) is 4.79 Å². The van der Waals surface area contributed by atoms with Crippen molar-refractivity contribution in [3.8, 4) is 0 Å². The smallest absolute Gasteiger partial charge is 0.315 e. The van der Waals surface area contributed by atoms with Crippen molar-refractivity contribution in [2.45, 2.75) is 51.1 Å². The molecule has 2 rings (SSSR count). The first-order valence-electron chi connectivity index (χ1n) is 7.03. The third-order valence-corrected chi connectivity index (χ3v) is 4.09. The highest BCUT2D eigenvalue weighted by molar-refractivity contribution is 9.10. The summed E-state index contributed by atoms with van der Waals surface area (Å²) in [5, 5.41) is 6.00. The van der Waals surface area contributed by atoms with Crippen LogP contribution in [0.1, 0.15) is 44.1 Å². The van der Waals surface area contributed by atoms with Gasteiger partial charge < -0.3 is 10.6 Å². The number of carbonyl (C=O) groups excluding carboxylic acids is 1. The maximum absolute atomic E-state index is 11.8. The molecular weight excluding hydrogens is 304 g/mol. The lowest BCUT2D eigenvalue weighted by Crippen LogP contribution is -2.41. The van der Waals surface area contributed by atoms with Crippen LogP contribution in [0.3, 0.4) is 0 Å². The van der Waals surface area contributed by atoms with Crippen molar-refractivity contribution >= 4 is 22.0 Å². The Morgan fingerprint density at radius 2 is 1.74 bits per heavy atom. The lowest BCUT2D eigenvalue weighted by molar-refractivity contribution is 0.235. The Balaban J connectivity index is 1.73. The molecule has 0 unspecified atom stereocenters. The highest BCUT2D eigenvalue weighted by Gasteiger charge is 2.14. The molecule has 0 aromatic heterocycles. The van der Waals surface area contributed by atoms with Gasteiger partial charge in [-0.2, -0.15) is 0 Å². The van der Waals surface area contributed by atoms with E-state index in [1.165, 1.54) is 25.7 Å². The maximum atomic E-state index is 11.8. The second-order valence-corrected chi connectivity index (χ2v) is 6.06. The molecular formula is C15H21BrN2O. The van der Waals surface area contributed by atoms with Crippen LogP contribution in [-0.2, 0) is 6.54 Å². The summed E-state index contributed by atoms with van der Waals surface area (Å²) in [7, 11) is 0. The summed E-state index contributed by atoms with van der Waals surface area (Å²) in [5.74, 6) is 0. The van der Waals surface area contributed by atoms with Gasteiger partial charge in [0.05, 0.1) is 0 Å². The number of urea groups is 1. The molecule has 0 radical (unpaired) electrons. The van der Waals surface area contributed by atoms with Gasteiger partial charge >= 0.3 is 6.03 Å². The molecule has 0 aliphatic heterocycles. The van der Waals surface area contributed by atoms with Crippen molar-refractivity contribution in [2.24, 2.45) is 0 Å². The predicted molar refractivity (Wildman–Crippen MR) is 81.0 cm³/mol. The molecule has 2 N–H and O–H groups in total. The highest BCUT2D eigenvalue weighted by Crippen LogP contribution is 2.17. The number of benzene rings is 1. The molecule has 0 atom stereocenters. The topological polar surface area (TPSA) is 41.1 Å². The molecule has 1 fully saturated rings. The average molecular weight is 325 g/mol. The second-order valence-electron chi connectivity index (χ2n) is 5.14. The zero-order chi connectivity index (χ0) is 13.5. The van der Waals surface area contributed by atoms with Gasteiger partial charge in [0.15, 0.2) is 0 Å². The van der Waals surface area contributed by atoms with Crippen molar-refractivity contribution < 1.29 is 4.79 Å². The largest absolute Gasteiger partial charge is 0.335 e. The van der Waals surface area contributed by atoms with E-state index in [-0.39, 0.29) is 6.03 Å². The summed E-state index contributed by atoms with van der Waals surface area (Å²) in [4.78, 5) is 11.8. The van der Waals surface area contributed by atoms with E-state index < -0.39 is 0 Å². The first-order chi connectivity index (χ1) is 9.24. The lowest BCUT2D eigenvalue weighted by Gasteiger charge is -2.16. The van der Waals surface area contributed by atoms with Crippen LogP contribution in [-0.4, -0.2) is 12.1 Å². The van der Waals surface area contributed by atoms with Crippen LogP contribution >= 0.6 is 15.9 Å². The van der Waals surface area contributed by atoms with E-state index >= 15 is 0 Å². The van der Waals surface area contributed by atoms with Crippen molar-refractivity contribution in [2.75, 3.05) is 0 Å². The van der Waals surface area contributed by atoms with E-state index in [4.69, 9.17) is 0 Å². The lowest BCUT2D eigenvalue weighted by atomic mass is 10.1. The van der Waals surface area contributed by atoms with Crippen LogP contribution in [0, 0.1) is 0 Å². The molecule has 0 bridgehead atoms. The Morgan fingerprint density at radius 3 is 2.37 bits per heavy atom. The van der Waals surface area contributed by atoms with Gasteiger partial charge in [-0.3, -0.25) is 0 Å². The molecule has 1 aromatic carbocycles. The summed E-state index contributed by atoms with van der Waals surface area (Å²) in [5.41, 5.74) is 1.11. The van der Waals surface area contributed by atoms with E-state index in [1.807, 2.05) is 24.3 Å². The van der Waals surface area contributed by atoms with E-state index in [0.717, 1.165) is 22.9 Å². The van der Waals surface area contributed by atoms with Gasteiger partial charge in [-0.15, -0.1) is 0 Å². The fraction of sp³-hybridized carbons (Fsp3) is 0.533. The van der Waals surface area contributed by atoms with Gasteiger partial charge in [0, 0.05) is 17.1 Å². The van der Waals surface area contributed by atoms with E-state index in [2.05, 4.69) is 26.6 Å². The normalized spacial score (nSPS) is 16.7. The Hall–Kier alpha value is -1.03. The van der Waals surface area contributed by atoms with Gasteiger partial charge in [0.1, 0.15) is 0 Å². The molecule has 0 spiro atoms. The van der Waals surface area contributed by atoms with Gasteiger partial charge in [-0.25, -0.2) is 4.79 Å². The third-order valence-electron chi connectivity index (χ3n) is 3.56. The number of amides is 2. The zero-order valence-electron chi connectivity index (χ0n) is 11.1. The summed E-state index contributed by atoms with van der Waals surface area (Å²) in [6, 6.07) is 8.30. The number of nitrogens with one attached hydrogen (secondary N) is 2. The monoisotopic (exact) mass is 324 g/mol. The highest BCUT2D eigenvalue weighted by atomic mass is 79.9. The Kier molecular flexibility index (Phi) is 5.70. The molecule has 1 saturated carbocycles. The molecule has 19 heavy (non-hydrogen) atoms. The quantitative estimate of drug-likeness (QED) is 0.811. The van der Waals surface area contributed by atoms with Gasteiger partial charge in [0.25, 0.3) is 0 Å². The molecule has 4 heteroatoms. The van der Waals surface area contributed by atoms with E-state index in [0.29, 0.717) is 12.6 Å². The Bertz CT molecular complexity index is 397. The summed E-state index contributed by atoms with van der Waals surface area (Å²) < 4.78 is 1.05. The molecule has 0 heterocycles. The standard InChI is InChI=1S/C15H21BrN2O/c16-13-9-7-12(8-10-13)11-17-15(19)18-14-5-3-1-2-4-6-14/h7-10,14H,1-6,11H2,(H2,17,18,19). The number of hydrogen-bond acceptors (Lipinski definition) is 1. The van der Waals surface area contributed by atoms with Crippen LogP contribution < -0.4 is 10.6 Å². The number of halogens is 1. The summed E-state index contributed by atoms with van der Waals surface area (Å²) in [6.45, 7) is 0.575. The van der Waals surface area contributed by atoms with Crippen LogP contribution in [0.25, 0.3) is 0 Å². The molecule has 104 valence electrons. The maximum Gasteiger partial charge on any atom is 0.315 e. The van der Waals surface area contributed by atoms with Crippen LogP contribution in [0.4, 0.5) is 4.79 Å².